The van der Waals surface area contributed by atoms with E-state index in [-0.39, 0.29) is 39.9 Å². The monoisotopic (exact) mass is 791 g/mol. The minimum atomic E-state index is -4.58. The zero-order chi connectivity index (χ0) is 40.6. The Kier molecular flexibility index (Phi) is 12.0. The normalized spacial score (nSPS) is 10.7. The number of H-pyrrole nitrogens is 1. The molecule has 290 valence electrons. The fourth-order valence-electron chi connectivity index (χ4n) is 4.81. The lowest BCUT2D eigenvalue weighted by Crippen LogP contribution is -2.38. The molecule has 6 N–H and O–H groups in total. The number of carbonyl (C=O) groups is 3. The number of carboxylic acids is 1. The molecule has 0 unspecified atom stereocenters. The van der Waals surface area contributed by atoms with E-state index >= 15 is 0 Å². The lowest BCUT2D eigenvalue weighted by atomic mass is 10.2. The average Bonchev–Trinajstić information content (AvgIpc) is 3.93. The van der Waals surface area contributed by atoms with Gasteiger partial charge in [0, 0.05) is 5.56 Å². The lowest BCUT2D eigenvalue weighted by molar-refractivity contribution is 0.0696. The van der Waals surface area contributed by atoms with E-state index in [1.807, 2.05) is 5.43 Å². The molecule has 0 saturated carbocycles. The van der Waals surface area contributed by atoms with Gasteiger partial charge < -0.3 is 32.6 Å². The molecule has 22 heteroatoms. The number of carboxylic acid groups (broad SMARTS) is 1. The number of nitrogens with one attached hydrogen (secondary N) is 3. The van der Waals surface area contributed by atoms with Crippen LogP contribution in [0.1, 0.15) is 20.7 Å². The van der Waals surface area contributed by atoms with Crippen molar-refractivity contribution in [1.82, 2.24) is 29.3 Å². The van der Waals surface area contributed by atoms with Crippen molar-refractivity contribution < 1.29 is 55.4 Å². The number of aromatic nitrogens is 4. The third kappa shape index (κ3) is 8.73. The minimum Gasteiger partial charge on any atom is -0.496 e. The highest BCUT2D eigenvalue weighted by Gasteiger charge is 2.25. The van der Waals surface area contributed by atoms with Gasteiger partial charge in [0.1, 0.15) is 17.0 Å². The van der Waals surface area contributed by atoms with E-state index in [0.29, 0.717) is 37.7 Å². The quantitative estimate of drug-likeness (QED) is 0.0839. The summed E-state index contributed by atoms with van der Waals surface area (Å²) in [5, 5.41) is 16.6. The van der Waals surface area contributed by atoms with E-state index in [2.05, 4.69) is 24.3 Å². The maximum absolute atomic E-state index is 12.3. The number of hydrogen-bond acceptors (Lipinski definition) is 16. The summed E-state index contributed by atoms with van der Waals surface area (Å²) >= 11 is 0. The number of nitrogens with two attached hydrogens (primary N) is 1. The maximum Gasteiger partial charge on any atom is 0.435 e. The van der Waals surface area contributed by atoms with Gasteiger partial charge in [-0.1, -0.05) is 24.3 Å². The Bertz CT molecular complexity index is 2780. The number of hydrazine groups is 1. The summed E-state index contributed by atoms with van der Waals surface area (Å²) < 4.78 is 56.4. The molecule has 0 aliphatic rings. The van der Waals surface area contributed by atoms with Crippen molar-refractivity contribution >= 4 is 50.4 Å². The number of amides is 2. The van der Waals surface area contributed by atoms with Crippen LogP contribution < -0.4 is 37.0 Å². The fourth-order valence-corrected chi connectivity index (χ4v) is 5.84. The Hall–Kier alpha value is -7.72. The Morgan fingerprint density at radius 1 is 0.821 bits per heavy atom. The largest absolute Gasteiger partial charge is 0.496 e. The first-order valence-electron chi connectivity index (χ1n) is 15.5. The van der Waals surface area contributed by atoms with E-state index in [1.54, 1.807) is 53.3 Å². The molecule has 4 aromatic carbocycles. The number of carbonyl (C=O) groups excluding carboxylic acids is 2. The Morgan fingerprint density at radius 2 is 1.50 bits per heavy atom. The molecule has 7 rings (SSSR count). The number of fused-ring (bicyclic) bond motifs is 2. The molecule has 3 heterocycles. The van der Waals surface area contributed by atoms with Crippen molar-refractivity contribution in [2.75, 3.05) is 21.3 Å². The van der Waals surface area contributed by atoms with Crippen LogP contribution in [-0.4, -0.2) is 72.0 Å². The summed E-state index contributed by atoms with van der Waals surface area (Å²) in [7, 11) is -0.583. The van der Waals surface area contributed by atoms with Gasteiger partial charge >= 0.3 is 33.8 Å². The second kappa shape index (κ2) is 17.0. The number of aromatic amines is 1. The van der Waals surface area contributed by atoms with Crippen LogP contribution in [0.15, 0.2) is 108 Å². The van der Waals surface area contributed by atoms with Crippen molar-refractivity contribution in [2.24, 2.45) is 5.84 Å². The molecule has 0 fully saturated rings. The van der Waals surface area contributed by atoms with Crippen LogP contribution in [0.25, 0.3) is 45.1 Å². The predicted molar refractivity (Wildman–Crippen MR) is 194 cm³/mol. The number of nitrogen functional groups attached to an aromatic ring is 1. The Labute approximate surface area is 313 Å². The highest BCUT2D eigenvalue weighted by Crippen LogP contribution is 2.31. The van der Waals surface area contributed by atoms with Gasteiger partial charge in [-0.2, -0.15) is 12.4 Å². The first-order valence-corrected chi connectivity index (χ1v) is 17.0. The van der Waals surface area contributed by atoms with Crippen molar-refractivity contribution in [1.29, 1.82) is 0 Å². The highest BCUT2D eigenvalue weighted by atomic mass is 32.2. The number of oxazole rings is 2. The van der Waals surface area contributed by atoms with Crippen LogP contribution in [0.3, 0.4) is 0 Å². The summed E-state index contributed by atoms with van der Waals surface area (Å²) in [5.74, 6) is 3.13. The number of rotatable bonds is 8. The van der Waals surface area contributed by atoms with Gasteiger partial charge in [0.15, 0.2) is 11.2 Å². The molecule has 0 bridgehead atoms. The van der Waals surface area contributed by atoms with E-state index < -0.39 is 33.8 Å². The first kappa shape index (κ1) is 39.5. The molecule has 3 aromatic heterocycles. The summed E-state index contributed by atoms with van der Waals surface area (Å²) in [5.41, 5.74) is 4.10. The predicted octanol–water partition coefficient (Wildman–Crippen LogP) is 2.89. The minimum absolute atomic E-state index is 0.0743. The SMILES string of the molecule is COC(=O)NS(=O)(=O)n1c(=O)oc2cc(-c3nnc(-c4ccccc4OC)o3)ccc21.COc1ccccc1C(=O)NN.O=C(O)c1ccc2[nH]c(=O)oc2c1. The number of methoxy groups -OCH3 is 3. The van der Waals surface area contributed by atoms with Crippen molar-refractivity contribution in [2.45, 2.75) is 0 Å². The molecule has 0 aliphatic heterocycles. The van der Waals surface area contributed by atoms with Gasteiger partial charge in [-0.15, -0.1) is 10.2 Å². The molecule has 21 nitrogen and oxygen atoms in total. The van der Waals surface area contributed by atoms with Crippen LogP contribution >= 0.6 is 0 Å². The zero-order valence-electron chi connectivity index (χ0n) is 29.2. The first-order chi connectivity index (χ1) is 26.8. The molecular formula is C34H29N7O14S. The van der Waals surface area contributed by atoms with Crippen molar-refractivity contribution in [3.05, 3.63) is 117 Å². The molecular weight excluding hydrogens is 762 g/mol. The van der Waals surface area contributed by atoms with Gasteiger partial charge in [0.25, 0.3) is 11.8 Å². The van der Waals surface area contributed by atoms with Crippen LogP contribution in [0.2, 0.25) is 0 Å². The number of ether oxygens (including phenoxy) is 3. The number of para-hydroxylation sites is 2. The number of hydrogen-bond donors (Lipinski definition) is 5. The van der Waals surface area contributed by atoms with Crippen LogP contribution in [0.4, 0.5) is 4.79 Å². The average molecular weight is 792 g/mol. The number of nitrogens with zero attached hydrogens (tertiary/aromatic N) is 3. The summed E-state index contributed by atoms with van der Waals surface area (Å²) in [6.45, 7) is 0. The maximum atomic E-state index is 12.3. The number of aromatic carboxylic acids is 1. The van der Waals surface area contributed by atoms with Gasteiger partial charge in [-0.3, -0.25) is 15.2 Å². The smallest absolute Gasteiger partial charge is 0.435 e. The summed E-state index contributed by atoms with van der Waals surface area (Å²) in [6.07, 6.45) is -1.26. The van der Waals surface area contributed by atoms with Crippen LogP contribution in [0, 0.1) is 0 Å². The van der Waals surface area contributed by atoms with Crippen molar-refractivity contribution in [3.63, 3.8) is 0 Å². The molecule has 7 aromatic rings. The Balaban J connectivity index is 0.000000196. The third-order valence-corrected chi connectivity index (χ3v) is 8.59. The van der Waals surface area contributed by atoms with E-state index in [1.165, 1.54) is 50.6 Å². The van der Waals surface area contributed by atoms with Gasteiger partial charge in [-0.25, -0.2) is 29.7 Å². The van der Waals surface area contributed by atoms with E-state index in [9.17, 15) is 32.4 Å². The van der Waals surface area contributed by atoms with E-state index in [4.69, 9.17) is 29.3 Å². The molecule has 0 spiro atoms. The molecule has 2 amide bonds. The number of benzene rings is 4. The van der Waals surface area contributed by atoms with Gasteiger partial charge in [0.05, 0.1) is 43.5 Å². The molecule has 0 saturated heterocycles. The second-order valence-electron chi connectivity index (χ2n) is 10.7. The summed E-state index contributed by atoms with van der Waals surface area (Å²) in [4.78, 5) is 58.1. The molecule has 0 aliphatic carbocycles. The second-order valence-corrected chi connectivity index (χ2v) is 12.2. The standard InChI is InChI=1S/C18H14N4O8S.C8H10N2O2.C8H5NO4/c1-27-13-6-4-3-5-11(13)16-20-19-15(30-16)10-7-8-12-14(9-10)29-18(24)22(12)31(25,26)21-17(23)28-2;1-12-7-5-3-2-4-6(7)8(11)10-9;10-7(11)4-1-2-5-6(3-4)13-8(12)9-5/h3-9H,1-2H3,(H,21,23);2-5H,9H2,1H3,(H,10,11);1-3H,(H,9,12)(H,10,11). The lowest BCUT2D eigenvalue weighted by Gasteiger charge is -2.05. The molecule has 0 radical (unpaired) electrons. The van der Waals surface area contributed by atoms with Crippen LogP contribution in [-0.2, 0) is 14.9 Å². The van der Waals surface area contributed by atoms with Gasteiger partial charge in [0.2, 0.25) is 5.89 Å². The molecule has 56 heavy (non-hydrogen) atoms. The fraction of sp³-hybridized carbons (Fsp3) is 0.0882. The Morgan fingerprint density at radius 3 is 2.18 bits per heavy atom. The van der Waals surface area contributed by atoms with E-state index in [0.717, 1.165) is 7.11 Å². The topological polar surface area (TPSA) is 303 Å². The zero-order valence-corrected chi connectivity index (χ0v) is 30.0. The van der Waals surface area contributed by atoms with Crippen molar-refractivity contribution in [3.8, 4) is 34.4 Å². The third-order valence-electron chi connectivity index (χ3n) is 7.34. The summed E-state index contributed by atoms with van der Waals surface area (Å²) in [6, 6.07) is 22.3. The van der Waals surface area contributed by atoms with Crippen LogP contribution in [0.5, 0.6) is 11.5 Å². The molecule has 0 atom stereocenters. The van der Waals surface area contributed by atoms with Gasteiger partial charge in [-0.05, 0) is 60.7 Å². The highest BCUT2D eigenvalue weighted by molar-refractivity contribution is 7.88.